The van der Waals surface area contributed by atoms with Gasteiger partial charge in [-0.25, -0.2) is 0 Å². The van der Waals surface area contributed by atoms with Gasteiger partial charge in [0.1, 0.15) is 18.8 Å². The molecule has 0 aromatic rings. The maximum Gasteiger partial charge on any atom is 1.00 e. The predicted octanol–water partition coefficient (Wildman–Crippen LogP) is -8.61. The first-order chi connectivity index (χ1) is 2.00. The molecule has 0 aliphatic rings. The van der Waals surface area contributed by atoms with E-state index in [1.807, 2.05) is 0 Å². The van der Waals surface area contributed by atoms with E-state index in [2.05, 4.69) is 0 Å². The van der Waals surface area contributed by atoms with Crippen molar-refractivity contribution in [2.24, 2.45) is 0 Å². The molecule has 0 amide bonds. The molecule has 0 N–H and O–H groups in total. The van der Waals surface area contributed by atoms with Gasteiger partial charge < -0.3 is 48.0 Å². The molecule has 8 heavy (non-hydrogen) atoms. The van der Waals surface area contributed by atoms with E-state index in [9.17, 15) is 4.21 Å². The number of halogens is 2. The third-order valence-corrected chi connectivity index (χ3v) is 0. The Morgan fingerprint density at radius 1 is 1.00 bits per heavy atom. The summed E-state index contributed by atoms with van der Waals surface area (Å²) in [6.07, 6.45) is 5.15. The van der Waals surface area contributed by atoms with E-state index in [-0.39, 0.29) is 77.5 Å². The van der Waals surface area contributed by atoms with E-state index in [4.69, 9.17) is 0 Å². The van der Waals surface area contributed by atoms with Gasteiger partial charge in [0.25, 0.3) is 0 Å². The van der Waals surface area contributed by atoms with Crippen molar-refractivity contribution in [3.05, 3.63) is 0 Å². The van der Waals surface area contributed by atoms with Gasteiger partial charge >= 0.3 is 29.6 Å². The maximum absolute atomic E-state index is 10.2. The van der Waals surface area contributed by atoms with Crippen LogP contribution in [0.2, 0.25) is 0 Å². The smallest absolute Gasteiger partial charge is 1.00 e. The quantitative estimate of drug-likeness (QED) is 0.235. The molecule has 0 bridgehead atoms. The summed E-state index contributed by atoms with van der Waals surface area (Å²) in [6.45, 7) is 0. The Kier molecular flexibility index (Phi) is 26.9. The summed E-state index contributed by atoms with van der Waals surface area (Å²) < 4.78 is 10.2. The van der Waals surface area contributed by atoms with Crippen molar-refractivity contribution in [1.29, 1.82) is 0 Å². The van der Waals surface area contributed by atoms with Crippen molar-refractivity contribution >= 4 is 9.93 Å². The molecule has 1 nitrogen and oxygen atoms in total. The Balaban J connectivity index is -0.0000000267. The van der Waals surface area contributed by atoms with E-state index in [0.717, 1.165) is 0 Å². The summed E-state index contributed by atoms with van der Waals surface area (Å²) in [7, 11) is -1.42. The summed E-state index contributed by atoms with van der Waals surface area (Å²) in [4.78, 5) is 0. The summed E-state index contributed by atoms with van der Waals surface area (Å²) in [5, 5.41) is 0. The zero-order valence-corrected chi connectivity index (χ0v) is 12.7. The number of rotatable bonds is 0. The molecule has 0 fully saturated rings. The van der Waals surface area contributed by atoms with Crippen molar-refractivity contribution in [3.8, 4) is 0 Å². The van der Waals surface area contributed by atoms with Gasteiger partial charge in [-0.15, -0.1) is 4.21 Å². The van der Waals surface area contributed by atoms with Crippen LogP contribution in [0.25, 0.3) is 0 Å². The normalized spacial score (nSPS) is 7.38. The van der Waals surface area contributed by atoms with Crippen molar-refractivity contribution in [2.45, 2.75) is 0 Å². The Labute approximate surface area is 109 Å². The Morgan fingerprint density at radius 2 is 1.00 bits per heavy atom. The summed E-state index contributed by atoms with van der Waals surface area (Å²) in [5.74, 6) is 0. The molecule has 0 atom stereocenters. The minimum Gasteiger partial charge on any atom is -1.00 e. The van der Waals surface area contributed by atoms with Gasteiger partial charge in [-0.1, -0.05) is 0 Å². The Bertz CT molecular complexity index is 63.4. The van der Waals surface area contributed by atoms with Crippen molar-refractivity contribution in [3.63, 3.8) is 0 Å². The molecule has 0 aliphatic heterocycles. The molecule has 0 aliphatic carbocycles. The first-order valence-corrected chi connectivity index (χ1v) is 4.17. The van der Waals surface area contributed by atoms with E-state index < -0.39 is 9.93 Å². The van der Waals surface area contributed by atoms with Gasteiger partial charge in [0.15, 0.2) is 0 Å². The molecular weight excluding hydrogens is 361 g/mol. The first kappa shape index (κ1) is 22.4. The molecule has 0 aromatic heterocycles. The van der Waals surface area contributed by atoms with Crippen LogP contribution < -0.4 is 77.5 Å². The minimum absolute atomic E-state index is 0. The van der Waals surface area contributed by atoms with E-state index in [0.29, 0.717) is 0 Å². The molecule has 0 aromatic carbocycles. The number of hydrogen-bond donors (Lipinski definition) is 0. The van der Waals surface area contributed by atoms with Crippen LogP contribution in [0.15, 0.2) is 0 Å². The Hall–Kier alpha value is 2.61. The van der Waals surface area contributed by atoms with Gasteiger partial charge in [0.2, 0.25) is 0 Å². The fourth-order valence-corrected chi connectivity index (χ4v) is 0. The van der Waals surface area contributed by atoms with Crippen LogP contribution in [0.4, 0.5) is 0 Å². The SMILES string of the molecule is C[S+](C)(C)=O.[I-].[I-].[Na+]. The summed E-state index contributed by atoms with van der Waals surface area (Å²) in [6, 6.07) is 0. The predicted molar refractivity (Wildman–Crippen MR) is 25.8 cm³/mol. The van der Waals surface area contributed by atoms with Crippen LogP contribution in [0.3, 0.4) is 0 Å². The summed E-state index contributed by atoms with van der Waals surface area (Å²) in [5.41, 5.74) is 0. The van der Waals surface area contributed by atoms with Crippen LogP contribution in [-0.4, -0.2) is 18.8 Å². The van der Waals surface area contributed by atoms with E-state index >= 15 is 0 Å². The van der Waals surface area contributed by atoms with Gasteiger partial charge in [-0.05, 0) is 0 Å². The van der Waals surface area contributed by atoms with Gasteiger partial charge in [-0.2, -0.15) is 0 Å². The zero-order chi connectivity index (χ0) is 4.50. The zero-order valence-electron chi connectivity index (χ0n) is 5.57. The molecule has 0 saturated carbocycles. The Morgan fingerprint density at radius 3 is 1.00 bits per heavy atom. The van der Waals surface area contributed by atoms with Crippen molar-refractivity contribution < 1.29 is 81.7 Å². The summed E-state index contributed by atoms with van der Waals surface area (Å²) >= 11 is 0. The van der Waals surface area contributed by atoms with Crippen molar-refractivity contribution in [2.75, 3.05) is 18.8 Å². The van der Waals surface area contributed by atoms with Crippen LogP contribution >= 0.6 is 0 Å². The molecule has 0 radical (unpaired) electrons. The van der Waals surface area contributed by atoms with Gasteiger partial charge in [-0.3, -0.25) is 0 Å². The fraction of sp³-hybridized carbons (Fsp3) is 1.00. The largest absolute Gasteiger partial charge is 1.00 e. The number of hydrogen-bond acceptors (Lipinski definition) is 1. The third kappa shape index (κ3) is 73.2. The standard InChI is InChI=1S/C3H9OS.2HI.Na/c1-5(2,3)4;;;/h1-3H3;2*1H;/q+1;;;+1/p-2. The molecule has 0 saturated heterocycles. The molecule has 0 unspecified atom stereocenters. The second kappa shape index (κ2) is 9.61. The van der Waals surface area contributed by atoms with Crippen LogP contribution in [0, 0.1) is 0 Å². The monoisotopic (exact) mass is 370 g/mol. The van der Waals surface area contributed by atoms with E-state index in [1.54, 1.807) is 18.8 Å². The van der Waals surface area contributed by atoms with Crippen LogP contribution in [0.5, 0.6) is 0 Å². The first-order valence-electron chi connectivity index (χ1n) is 1.39. The molecule has 48 valence electrons. The fourth-order valence-electron chi connectivity index (χ4n) is 0. The van der Waals surface area contributed by atoms with Gasteiger partial charge in [0, 0.05) is 0 Å². The second-order valence-corrected chi connectivity index (χ2v) is 5.17. The molecule has 0 rings (SSSR count). The second-order valence-electron chi connectivity index (χ2n) is 1.72. The third-order valence-electron chi connectivity index (χ3n) is 0. The van der Waals surface area contributed by atoms with Crippen LogP contribution in [0.1, 0.15) is 0 Å². The molecular formula is C3H9I2NaOS. The molecule has 0 spiro atoms. The average molecular weight is 370 g/mol. The average Bonchev–Trinajstić information content (AvgIpc) is 0.722. The molecule has 0 heterocycles. The maximum atomic E-state index is 10.2. The van der Waals surface area contributed by atoms with Gasteiger partial charge in [0.05, 0.1) is 9.93 Å². The van der Waals surface area contributed by atoms with E-state index in [1.165, 1.54) is 0 Å². The topological polar surface area (TPSA) is 17.1 Å². The van der Waals surface area contributed by atoms with Crippen molar-refractivity contribution in [1.82, 2.24) is 0 Å². The minimum atomic E-state index is -1.42. The molecule has 5 heteroatoms. The van der Waals surface area contributed by atoms with Crippen LogP contribution in [-0.2, 0) is 14.1 Å².